The van der Waals surface area contributed by atoms with Crippen molar-refractivity contribution in [3.05, 3.63) is 29.8 Å². The monoisotopic (exact) mass is 1060 g/mol. The Morgan fingerprint density at radius 1 is 0.781 bits per heavy atom. The third-order valence-corrected chi connectivity index (χ3v) is 14.2. The van der Waals surface area contributed by atoms with E-state index in [0.717, 1.165) is 21.6 Å². The molecule has 11 amide bonds. The lowest BCUT2D eigenvalue weighted by Crippen LogP contribution is -2.61. The number of carbonyl (C=O) groups excluding carboxylic acids is 11. The average Bonchev–Trinajstić information content (AvgIpc) is 3.83. The number of carbonyl (C=O) groups is 12. The highest BCUT2D eigenvalue weighted by atomic mass is 33.1. The van der Waals surface area contributed by atoms with Crippen LogP contribution in [0.15, 0.2) is 24.3 Å². The van der Waals surface area contributed by atoms with Crippen LogP contribution in [0, 0.1) is 11.8 Å². The van der Waals surface area contributed by atoms with E-state index in [4.69, 9.17) is 22.3 Å². The van der Waals surface area contributed by atoms with Crippen LogP contribution in [0.1, 0.15) is 78.2 Å². The topological polar surface area (TPSA) is 423 Å². The summed E-state index contributed by atoms with van der Waals surface area (Å²) in [5.41, 5.74) is 17.8. The molecule has 1 aromatic rings. The Bertz CT molecular complexity index is 2190. The van der Waals surface area contributed by atoms with Crippen molar-refractivity contribution >= 4 is 92.5 Å². The predicted molar refractivity (Wildman–Crippen MR) is 266 cm³/mol. The molecule has 16 N–H and O–H groups in total. The molecule has 2 aliphatic heterocycles. The molecule has 26 nitrogen and oxygen atoms in total. The second-order valence-electron chi connectivity index (χ2n) is 18.1. The highest BCUT2D eigenvalue weighted by molar-refractivity contribution is 8.76. The van der Waals surface area contributed by atoms with Crippen molar-refractivity contribution in [3.63, 3.8) is 0 Å². The normalized spacial score (nSPS) is 23.5. The van der Waals surface area contributed by atoms with E-state index in [1.807, 2.05) is 0 Å². The Labute approximate surface area is 429 Å². The van der Waals surface area contributed by atoms with Gasteiger partial charge >= 0.3 is 5.97 Å². The molecule has 1 aromatic carbocycles. The number of aliphatic carboxylic acids is 1. The van der Waals surface area contributed by atoms with Gasteiger partial charge in [0.25, 0.3) is 0 Å². The maximum atomic E-state index is 14.6. The van der Waals surface area contributed by atoms with E-state index in [0.29, 0.717) is 18.4 Å². The fourth-order valence-corrected chi connectivity index (χ4v) is 9.85. The second kappa shape index (κ2) is 29.7. The lowest BCUT2D eigenvalue weighted by Gasteiger charge is -2.31. The molecule has 9 atom stereocenters. The zero-order valence-corrected chi connectivity index (χ0v) is 42.7. The average molecular weight is 1070 g/mol. The number of aromatic hydroxyl groups is 1. The van der Waals surface area contributed by atoms with Crippen LogP contribution in [0.4, 0.5) is 0 Å². The van der Waals surface area contributed by atoms with E-state index >= 15 is 0 Å². The smallest absolute Gasteiger partial charge is 0.322 e. The maximum Gasteiger partial charge on any atom is 0.322 e. The number of nitrogens with zero attached hydrogens (tertiary/aromatic N) is 1. The summed E-state index contributed by atoms with van der Waals surface area (Å²) in [6.45, 7) is 5.67. The quantitative estimate of drug-likeness (QED) is 0.0589. The number of nitrogens with two attached hydrogens (primary N) is 3. The molecule has 73 heavy (non-hydrogen) atoms. The van der Waals surface area contributed by atoms with E-state index in [-0.39, 0.29) is 49.0 Å². The van der Waals surface area contributed by atoms with Crippen molar-refractivity contribution in [3.8, 4) is 5.75 Å². The van der Waals surface area contributed by atoms with Crippen LogP contribution in [-0.4, -0.2) is 166 Å². The standard InChI is InChI=1S/C45H68N12O14S2/c1-5-23(4)37-44(70)51-27(12-13-33(47)59)40(66)53-30(17-34(48)60)41(67)55-31(21-73-72-20-26(46)38(64)52-29(42(68)56-37)16-24-8-10-25(58)11-9-24)45(71)57-14-6-7-32(57)43(69)54-28(15-22(2)3)39(65)50-18-35(61)49-19-36(62)63/h8-11,22-23,26-32,37,58H,5-7,12-21,46H2,1-4H3,(H2,47,59)(H2,48,60)(H,49,61)(H,50,65)(H,51,70)(H,52,64)(H,53,66)(H,54,69)(H,55,67)(H,56,68)(H,62,63)/t23-,26-,27-,28-,29-,30-,31-,32-,37-/m0/s1. The Hall–Kier alpha value is -6.68. The molecule has 0 aliphatic carbocycles. The van der Waals surface area contributed by atoms with Crippen LogP contribution >= 0.6 is 21.6 Å². The minimum absolute atomic E-state index is 0.0101. The zero-order chi connectivity index (χ0) is 54.5. The fourth-order valence-electron chi connectivity index (χ4n) is 7.57. The van der Waals surface area contributed by atoms with Crippen molar-refractivity contribution in [1.82, 2.24) is 47.4 Å². The van der Waals surface area contributed by atoms with E-state index in [2.05, 4.69) is 42.5 Å². The van der Waals surface area contributed by atoms with Gasteiger partial charge in [0.15, 0.2) is 0 Å². The van der Waals surface area contributed by atoms with Gasteiger partial charge in [0, 0.05) is 30.9 Å². The summed E-state index contributed by atoms with van der Waals surface area (Å²) in [7, 11) is 2.00. The minimum atomic E-state index is -1.78. The number of primary amides is 2. The molecule has 28 heteroatoms. The van der Waals surface area contributed by atoms with E-state index in [9.17, 15) is 62.6 Å². The molecular formula is C45H68N12O14S2. The molecule has 2 saturated heterocycles. The molecule has 3 rings (SSSR count). The van der Waals surface area contributed by atoms with Crippen LogP contribution in [-0.2, 0) is 64.0 Å². The first-order valence-corrected chi connectivity index (χ1v) is 26.1. The van der Waals surface area contributed by atoms with Gasteiger partial charge in [0.1, 0.15) is 54.6 Å². The highest BCUT2D eigenvalue weighted by Crippen LogP contribution is 2.26. The van der Waals surface area contributed by atoms with Gasteiger partial charge in [-0.05, 0) is 55.2 Å². The van der Waals surface area contributed by atoms with Gasteiger partial charge < -0.3 is 74.8 Å². The first kappa shape index (κ1) is 60.6. The third-order valence-electron chi connectivity index (χ3n) is 11.7. The van der Waals surface area contributed by atoms with Crippen LogP contribution in [0.3, 0.4) is 0 Å². The number of phenols is 1. The number of phenolic OH excluding ortho intramolecular Hbond substituents is 1. The Balaban J connectivity index is 2.02. The number of carboxylic acids is 1. The fraction of sp³-hybridized carbons (Fsp3) is 0.600. The molecule has 2 aliphatic rings. The van der Waals surface area contributed by atoms with Crippen molar-refractivity contribution in [1.29, 1.82) is 0 Å². The van der Waals surface area contributed by atoms with Crippen molar-refractivity contribution in [2.45, 2.75) is 127 Å². The summed E-state index contributed by atoms with van der Waals surface area (Å²) in [5, 5.41) is 38.6. The van der Waals surface area contributed by atoms with Gasteiger partial charge in [-0.15, -0.1) is 0 Å². The van der Waals surface area contributed by atoms with E-state index in [1.165, 1.54) is 29.2 Å². The van der Waals surface area contributed by atoms with Gasteiger partial charge in [-0.1, -0.05) is 67.8 Å². The summed E-state index contributed by atoms with van der Waals surface area (Å²) < 4.78 is 0. The molecule has 404 valence electrons. The van der Waals surface area contributed by atoms with Crippen LogP contribution in [0.2, 0.25) is 0 Å². The number of rotatable bonds is 19. The van der Waals surface area contributed by atoms with Crippen LogP contribution < -0.4 is 59.7 Å². The summed E-state index contributed by atoms with van der Waals surface area (Å²) in [5.74, 6) is -12.1. The molecule has 0 bridgehead atoms. The van der Waals surface area contributed by atoms with Gasteiger partial charge in [0.2, 0.25) is 65.0 Å². The highest BCUT2D eigenvalue weighted by Gasteiger charge is 2.41. The number of benzene rings is 1. The molecule has 0 aromatic heterocycles. The van der Waals surface area contributed by atoms with E-state index in [1.54, 1.807) is 27.7 Å². The summed E-state index contributed by atoms with van der Waals surface area (Å²) in [6, 6.07) is -5.38. The lowest BCUT2D eigenvalue weighted by atomic mass is 9.96. The van der Waals surface area contributed by atoms with Crippen molar-refractivity contribution in [2.24, 2.45) is 29.0 Å². The van der Waals surface area contributed by atoms with Crippen LogP contribution in [0.5, 0.6) is 5.75 Å². The Kier molecular flexibility index (Phi) is 24.7. The Morgan fingerprint density at radius 2 is 1.40 bits per heavy atom. The number of hydrogen-bond acceptors (Lipinski definition) is 16. The number of nitrogens with one attached hydrogen (secondary N) is 8. The molecular weight excluding hydrogens is 997 g/mol. The number of carboxylic acid groups (broad SMARTS) is 1. The van der Waals surface area contributed by atoms with Crippen molar-refractivity contribution in [2.75, 3.05) is 31.1 Å². The molecule has 2 heterocycles. The van der Waals surface area contributed by atoms with Crippen LogP contribution in [0.25, 0.3) is 0 Å². The molecule has 0 radical (unpaired) electrons. The molecule has 0 unspecified atom stereocenters. The zero-order valence-electron chi connectivity index (χ0n) is 41.1. The van der Waals surface area contributed by atoms with Gasteiger partial charge in [-0.3, -0.25) is 57.5 Å². The second-order valence-corrected chi connectivity index (χ2v) is 20.7. The largest absolute Gasteiger partial charge is 0.508 e. The maximum absolute atomic E-state index is 14.6. The molecule has 0 saturated carbocycles. The van der Waals surface area contributed by atoms with Gasteiger partial charge in [-0.2, -0.15) is 0 Å². The SMILES string of the molecule is CC[C@H](C)[C@@H]1NC(=O)[C@H](Cc2ccc(O)cc2)NC(=O)[C@@H](N)CSSC[C@@H](C(=O)N2CCC[C@H]2C(=O)N[C@@H](CC(C)C)C(=O)NCC(=O)NCC(=O)O)NC(=O)[C@H](CC(N)=O)NC(=O)[C@H](CCC(N)=O)NC1=O. The summed E-state index contributed by atoms with van der Waals surface area (Å²) >= 11 is 0. The predicted octanol–water partition coefficient (Wildman–Crippen LogP) is -3.89. The first-order chi connectivity index (χ1) is 34.4. The molecule has 2 fully saturated rings. The number of amides is 11. The molecule has 0 spiro atoms. The summed E-state index contributed by atoms with van der Waals surface area (Å²) in [6.07, 6.45) is -0.931. The lowest BCUT2D eigenvalue weighted by molar-refractivity contribution is -0.142. The Morgan fingerprint density at radius 3 is 2.01 bits per heavy atom. The van der Waals surface area contributed by atoms with Crippen molar-refractivity contribution < 1.29 is 67.7 Å². The third kappa shape index (κ3) is 20.4. The first-order valence-electron chi connectivity index (χ1n) is 23.6. The number of likely N-dealkylation sites (tertiary alicyclic amines) is 1. The minimum Gasteiger partial charge on any atom is -0.508 e. The van der Waals surface area contributed by atoms with Gasteiger partial charge in [0.05, 0.1) is 19.0 Å². The van der Waals surface area contributed by atoms with Gasteiger partial charge in [-0.25, -0.2) is 0 Å². The van der Waals surface area contributed by atoms with E-state index < -0.39 is 158 Å². The summed E-state index contributed by atoms with van der Waals surface area (Å²) in [4.78, 5) is 160. The number of hydrogen-bond donors (Lipinski definition) is 13.